The molecule has 7 heteroatoms. The second-order valence-corrected chi connectivity index (χ2v) is 10.6. The van der Waals surface area contributed by atoms with Crippen molar-refractivity contribution in [2.45, 2.75) is 32.2 Å². The Morgan fingerprint density at radius 1 is 1.14 bits per heavy atom. The fourth-order valence-corrected chi connectivity index (χ4v) is 4.95. The zero-order valence-corrected chi connectivity index (χ0v) is 21.1. The number of thiazole rings is 1. The number of carbonyl (C=O) groups excluding carboxylic acids is 1. The number of rotatable bonds is 5. The number of likely N-dealkylation sites (N-methyl/N-ethyl adjacent to an activating group) is 1. The number of nitrogen functional groups attached to an aromatic ring is 1. The molecular formula is C28H31N5OS. The molecule has 35 heavy (non-hydrogen) atoms. The van der Waals surface area contributed by atoms with E-state index in [0.717, 1.165) is 54.4 Å². The number of nitrogens with zero attached hydrogens (tertiary/aromatic N) is 3. The van der Waals surface area contributed by atoms with E-state index in [4.69, 9.17) is 5.73 Å². The lowest BCUT2D eigenvalue weighted by molar-refractivity contribution is 0.102. The Bertz CT molecular complexity index is 1290. The number of aromatic nitrogens is 1. The van der Waals surface area contributed by atoms with Crippen LogP contribution in [0.4, 0.5) is 10.8 Å². The number of piperazine rings is 1. The summed E-state index contributed by atoms with van der Waals surface area (Å²) in [5, 5.41) is 3.61. The predicted molar refractivity (Wildman–Crippen MR) is 143 cm³/mol. The number of aryl methyl sites for hydroxylation is 1. The van der Waals surface area contributed by atoms with Crippen LogP contribution in [0.15, 0.2) is 42.6 Å². The van der Waals surface area contributed by atoms with Gasteiger partial charge in [-0.25, -0.2) is 4.98 Å². The zero-order chi connectivity index (χ0) is 24.4. The molecule has 6 nitrogen and oxygen atoms in total. The minimum atomic E-state index is -0.122. The molecule has 5 rings (SSSR count). The molecule has 0 spiro atoms. The largest absolute Gasteiger partial charge is 0.375 e. The van der Waals surface area contributed by atoms with Crippen molar-refractivity contribution < 1.29 is 4.79 Å². The molecule has 3 aromatic rings. The average molecular weight is 486 g/mol. The van der Waals surface area contributed by atoms with Crippen LogP contribution in [-0.2, 0) is 6.54 Å². The van der Waals surface area contributed by atoms with Crippen molar-refractivity contribution in [1.29, 1.82) is 0 Å². The summed E-state index contributed by atoms with van der Waals surface area (Å²) >= 11 is 1.35. The monoisotopic (exact) mass is 485 g/mol. The van der Waals surface area contributed by atoms with Gasteiger partial charge in [-0.3, -0.25) is 9.69 Å². The SMILES string of the molecule is Cc1ccc(C(=O)Nc2ccc(CN3CCN(C)CC3)c(C3CC3)c2)cc1C#Cc1cnc(N)s1. The molecule has 0 atom stereocenters. The summed E-state index contributed by atoms with van der Waals surface area (Å²) in [6.07, 6.45) is 4.14. The molecule has 0 unspecified atom stereocenters. The van der Waals surface area contributed by atoms with Crippen molar-refractivity contribution in [2.75, 3.05) is 44.3 Å². The summed E-state index contributed by atoms with van der Waals surface area (Å²) in [7, 11) is 2.19. The van der Waals surface area contributed by atoms with E-state index in [-0.39, 0.29) is 5.91 Å². The van der Waals surface area contributed by atoms with Crippen LogP contribution in [0.25, 0.3) is 0 Å². The number of hydrogen-bond donors (Lipinski definition) is 2. The van der Waals surface area contributed by atoms with Crippen molar-refractivity contribution in [2.24, 2.45) is 0 Å². The van der Waals surface area contributed by atoms with Gasteiger partial charge >= 0.3 is 0 Å². The molecule has 0 bridgehead atoms. The van der Waals surface area contributed by atoms with Crippen LogP contribution in [-0.4, -0.2) is 53.9 Å². The predicted octanol–water partition coefficient (Wildman–Crippen LogP) is 4.31. The van der Waals surface area contributed by atoms with Crippen molar-refractivity contribution in [1.82, 2.24) is 14.8 Å². The van der Waals surface area contributed by atoms with Gasteiger partial charge in [-0.2, -0.15) is 0 Å². The summed E-state index contributed by atoms with van der Waals surface area (Å²) in [4.78, 5) is 22.8. The van der Waals surface area contributed by atoms with Gasteiger partial charge in [-0.1, -0.05) is 29.4 Å². The topological polar surface area (TPSA) is 74.5 Å². The average Bonchev–Trinajstić information content (AvgIpc) is 3.61. The first-order chi connectivity index (χ1) is 16.9. The second-order valence-electron chi connectivity index (χ2n) is 9.56. The van der Waals surface area contributed by atoms with Crippen LogP contribution >= 0.6 is 11.3 Å². The molecule has 3 N–H and O–H groups in total. The molecule has 1 aromatic heterocycles. The molecule has 180 valence electrons. The van der Waals surface area contributed by atoms with Crippen LogP contribution in [0.3, 0.4) is 0 Å². The molecule has 1 aliphatic carbocycles. The quantitative estimate of drug-likeness (QED) is 0.527. The third kappa shape index (κ3) is 5.91. The number of benzene rings is 2. The first-order valence-electron chi connectivity index (χ1n) is 12.1. The maximum atomic E-state index is 13.1. The standard InChI is InChI=1S/C28H31N5OS/c1-19-3-4-22(15-21(19)8-10-25-17-30-28(29)35-25)27(34)31-24-9-7-23(26(16-24)20-5-6-20)18-33-13-11-32(2)12-14-33/h3-4,7,9,15-17,20H,5-6,11-14,18H2,1-2H3,(H2,29,30)(H,31,34). The Morgan fingerprint density at radius 3 is 2.66 bits per heavy atom. The lowest BCUT2D eigenvalue weighted by Gasteiger charge is -2.32. The minimum Gasteiger partial charge on any atom is -0.375 e. The zero-order valence-electron chi connectivity index (χ0n) is 20.3. The van der Waals surface area contributed by atoms with Gasteiger partial charge in [-0.05, 0) is 79.6 Å². The molecule has 1 saturated heterocycles. The number of anilines is 2. The highest BCUT2D eigenvalue weighted by Crippen LogP contribution is 2.43. The van der Waals surface area contributed by atoms with E-state index in [0.29, 0.717) is 16.6 Å². The van der Waals surface area contributed by atoms with E-state index in [9.17, 15) is 4.79 Å². The lowest BCUT2D eigenvalue weighted by Crippen LogP contribution is -2.44. The Kier molecular flexibility index (Phi) is 6.87. The number of carbonyl (C=O) groups is 1. The molecule has 2 aromatic carbocycles. The van der Waals surface area contributed by atoms with Crippen molar-refractivity contribution >= 4 is 28.1 Å². The molecule has 2 aliphatic rings. The van der Waals surface area contributed by atoms with Gasteiger partial charge in [0.15, 0.2) is 5.13 Å². The summed E-state index contributed by atoms with van der Waals surface area (Å²) in [6.45, 7) is 7.43. The minimum absolute atomic E-state index is 0.122. The van der Waals surface area contributed by atoms with E-state index in [1.54, 1.807) is 6.20 Å². The lowest BCUT2D eigenvalue weighted by atomic mass is 10.0. The van der Waals surface area contributed by atoms with Crippen molar-refractivity contribution in [3.8, 4) is 11.8 Å². The number of amides is 1. The Labute approximate surface area is 211 Å². The van der Waals surface area contributed by atoms with Crippen LogP contribution in [0.5, 0.6) is 0 Å². The van der Waals surface area contributed by atoms with Gasteiger partial charge < -0.3 is 16.0 Å². The third-order valence-electron chi connectivity index (χ3n) is 6.75. The maximum Gasteiger partial charge on any atom is 0.255 e. The fraction of sp³-hybridized carbons (Fsp3) is 0.357. The summed E-state index contributed by atoms with van der Waals surface area (Å²) in [5.41, 5.74) is 11.8. The summed E-state index contributed by atoms with van der Waals surface area (Å²) in [5.74, 6) is 6.76. The van der Waals surface area contributed by atoms with Gasteiger partial charge in [0, 0.05) is 49.5 Å². The molecule has 0 radical (unpaired) electrons. The highest BCUT2D eigenvalue weighted by molar-refractivity contribution is 7.15. The smallest absolute Gasteiger partial charge is 0.255 e. The van der Waals surface area contributed by atoms with Gasteiger partial charge in [-0.15, -0.1) is 0 Å². The summed E-state index contributed by atoms with van der Waals surface area (Å²) < 4.78 is 0. The van der Waals surface area contributed by atoms with E-state index in [2.05, 4.69) is 51.1 Å². The van der Waals surface area contributed by atoms with Gasteiger partial charge in [0.1, 0.15) is 0 Å². The van der Waals surface area contributed by atoms with E-state index in [1.165, 1.54) is 35.3 Å². The summed E-state index contributed by atoms with van der Waals surface area (Å²) in [6, 6.07) is 12.1. The number of nitrogens with two attached hydrogens (primary N) is 1. The molecule has 2 heterocycles. The second kappa shape index (κ2) is 10.2. The van der Waals surface area contributed by atoms with Crippen LogP contribution < -0.4 is 11.1 Å². The molecular weight excluding hydrogens is 454 g/mol. The number of nitrogens with one attached hydrogen (secondary N) is 1. The Balaban J connectivity index is 1.30. The normalized spacial score (nSPS) is 16.5. The molecule has 1 aliphatic heterocycles. The molecule has 1 amide bonds. The van der Waals surface area contributed by atoms with Crippen molar-refractivity contribution in [3.63, 3.8) is 0 Å². The first-order valence-corrected chi connectivity index (χ1v) is 13.0. The highest BCUT2D eigenvalue weighted by Gasteiger charge is 2.27. The third-order valence-corrected chi connectivity index (χ3v) is 7.50. The van der Waals surface area contributed by atoms with Gasteiger partial charge in [0.25, 0.3) is 5.91 Å². The van der Waals surface area contributed by atoms with Crippen LogP contribution in [0.1, 0.15) is 56.2 Å². The highest BCUT2D eigenvalue weighted by atomic mass is 32.1. The molecule has 2 fully saturated rings. The van der Waals surface area contributed by atoms with E-state index in [1.807, 2.05) is 31.2 Å². The van der Waals surface area contributed by atoms with Crippen LogP contribution in [0.2, 0.25) is 0 Å². The Morgan fingerprint density at radius 2 is 1.94 bits per heavy atom. The maximum absolute atomic E-state index is 13.1. The van der Waals surface area contributed by atoms with Crippen LogP contribution in [0, 0.1) is 18.8 Å². The first kappa shape index (κ1) is 23.6. The van der Waals surface area contributed by atoms with Crippen molar-refractivity contribution in [3.05, 3.63) is 75.3 Å². The molecule has 1 saturated carbocycles. The fourth-order valence-electron chi connectivity index (χ4n) is 4.41. The van der Waals surface area contributed by atoms with E-state index < -0.39 is 0 Å². The van der Waals surface area contributed by atoms with Gasteiger partial charge in [0.2, 0.25) is 0 Å². The number of hydrogen-bond acceptors (Lipinski definition) is 6. The van der Waals surface area contributed by atoms with Gasteiger partial charge in [0.05, 0.1) is 11.1 Å². The van der Waals surface area contributed by atoms with E-state index >= 15 is 0 Å². The Hall–Kier alpha value is -3.18.